The molecule has 0 aliphatic heterocycles. The highest BCUT2D eigenvalue weighted by molar-refractivity contribution is 5.92. The second-order valence-corrected chi connectivity index (χ2v) is 7.89. The fraction of sp³-hybridized carbons (Fsp3) is 0.400. The van der Waals surface area contributed by atoms with Crippen LogP contribution in [-0.2, 0) is 12.0 Å². The average molecular weight is 403 g/mol. The fourth-order valence-electron chi connectivity index (χ4n) is 2.78. The van der Waals surface area contributed by atoms with Crippen molar-refractivity contribution in [2.24, 2.45) is 5.73 Å². The number of aromatic nitrogens is 1. The summed E-state index contributed by atoms with van der Waals surface area (Å²) in [5.41, 5.74) is 5.35. The van der Waals surface area contributed by atoms with E-state index >= 15 is 0 Å². The average Bonchev–Trinajstić information content (AvgIpc) is 2.61. The Morgan fingerprint density at radius 2 is 2.00 bits per heavy atom. The molecular formula is C20H25N3O6. The molecule has 0 aliphatic rings. The van der Waals surface area contributed by atoms with Crippen LogP contribution in [0.4, 0.5) is 5.69 Å². The number of amides is 1. The molecule has 9 nitrogen and oxygen atoms in total. The van der Waals surface area contributed by atoms with Crippen molar-refractivity contribution in [3.05, 3.63) is 67.6 Å². The highest BCUT2D eigenvalue weighted by atomic mass is 16.6. The minimum Gasteiger partial charge on any atom is -0.491 e. The van der Waals surface area contributed by atoms with E-state index < -0.39 is 33.7 Å². The van der Waals surface area contributed by atoms with Crippen LogP contribution in [0.2, 0.25) is 0 Å². The molecule has 29 heavy (non-hydrogen) atoms. The number of primary amides is 1. The molecule has 0 bridgehead atoms. The summed E-state index contributed by atoms with van der Waals surface area (Å²) < 4.78 is 6.53. The summed E-state index contributed by atoms with van der Waals surface area (Å²) in [6, 6.07) is 6.59. The van der Waals surface area contributed by atoms with Crippen molar-refractivity contribution in [3.8, 4) is 5.75 Å². The van der Waals surface area contributed by atoms with Crippen molar-refractivity contribution in [1.29, 1.82) is 0 Å². The zero-order valence-corrected chi connectivity index (χ0v) is 16.8. The van der Waals surface area contributed by atoms with E-state index in [0.29, 0.717) is 5.75 Å². The smallest absolute Gasteiger partial charge is 0.286 e. The lowest BCUT2D eigenvalue weighted by atomic mass is 9.86. The van der Waals surface area contributed by atoms with Gasteiger partial charge in [0.1, 0.15) is 24.0 Å². The highest BCUT2D eigenvalue weighted by Gasteiger charge is 2.19. The van der Waals surface area contributed by atoms with E-state index in [1.165, 1.54) is 0 Å². The second-order valence-electron chi connectivity index (χ2n) is 7.89. The predicted octanol–water partition coefficient (Wildman–Crippen LogP) is 1.90. The second kappa shape index (κ2) is 8.44. The Morgan fingerprint density at radius 3 is 2.52 bits per heavy atom. The minimum absolute atomic E-state index is 0.00979. The number of benzene rings is 1. The largest absolute Gasteiger partial charge is 0.491 e. The Bertz CT molecular complexity index is 991. The molecule has 1 aromatic carbocycles. The number of carbonyl (C=O) groups is 1. The quantitative estimate of drug-likeness (QED) is 0.535. The Labute approximate surface area is 167 Å². The first kappa shape index (κ1) is 22.1. The highest BCUT2D eigenvalue weighted by Crippen LogP contribution is 2.27. The molecule has 0 saturated carbocycles. The molecule has 0 fully saturated rings. The van der Waals surface area contributed by atoms with Crippen molar-refractivity contribution in [2.75, 3.05) is 6.61 Å². The summed E-state index contributed by atoms with van der Waals surface area (Å²) in [6.07, 6.45) is -0.182. The maximum Gasteiger partial charge on any atom is 0.286 e. The summed E-state index contributed by atoms with van der Waals surface area (Å²) in [6.45, 7) is 7.76. The van der Waals surface area contributed by atoms with Gasteiger partial charge in [-0.1, -0.05) is 32.9 Å². The van der Waals surface area contributed by atoms with Crippen LogP contribution in [0.1, 0.15) is 42.3 Å². The summed E-state index contributed by atoms with van der Waals surface area (Å²) in [5, 5.41) is 21.3. The number of ether oxygens (including phenoxy) is 1. The van der Waals surface area contributed by atoms with Crippen LogP contribution in [0.5, 0.6) is 5.75 Å². The Hall–Kier alpha value is -3.20. The zero-order valence-electron chi connectivity index (χ0n) is 16.8. The molecule has 2 aromatic rings. The standard InChI is InChI=1S/C20H25N3O6/c1-12-7-13(20(2,3)4)5-6-17(12)29-11-15(24)10-22-9-14(23(27)28)8-16(18(21)25)19(22)26/h5-9,15,24H,10-11H2,1-4H3,(H2,21,25). The SMILES string of the molecule is Cc1cc(C(C)(C)C)ccc1OCC(O)Cn1cc([N+](=O)[O-])cc(C(N)=O)c1=O. The van der Waals surface area contributed by atoms with Crippen molar-refractivity contribution >= 4 is 11.6 Å². The zero-order chi connectivity index (χ0) is 21.9. The molecule has 156 valence electrons. The number of aliphatic hydroxyl groups excluding tert-OH is 1. The Balaban J connectivity index is 2.16. The summed E-state index contributed by atoms with van der Waals surface area (Å²) in [7, 11) is 0. The van der Waals surface area contributed by atoms with Crippen LogP contribution in [0.3, 0.4) is 0 Å². The van der Waals surface area contributed by atoms with Gasteiger partial charge in [0.05, 0.1) is 17.7 Å². The molecule has 0 aliphatic carbocycles. The van der Waals surface area contributed by atoms with E-state index in [9.17, 15) is 24.8 Å². The van der Waals surface area contributed by atoms with Gasteiger partial charge in [-0.15, -0.1) is 0 Å². The summed E-state index contributed by atoms with van der Waals surface area (Å²) in [5.74, 6) is -0.492. The molecular weight excluding hydrogens is 378 g/mol. The molecule has 9 heteroatoms. The van der Waals surface area contributed by atoms with E-state index in [0.717, 1.165) is 28.0 Å². The van der Waals surface area contributed by atoms with Gasteiger partial charge >= 0.3 is 0 Å². The van der Waals surface area contributed by atoms with Crippen molar-refractivity contribution in [2.45, 2.75) is 45.8 Å². The van der Waals surface area contributed by atoms with Gasteiger partial charge in [0.2, 0.25) is 0 Å². The number of carbonyl (C=O) groups excluding carboxylic acids is 1. The van der Waals surface area contributed by atoms with Gasteiger partial charge in [-0.2, -0.15) is 0 Å². The lowest BCUT2D eigenvalue weighted by molar-refractivity contribution is -0.385. The van der Waals surface area contributed by atoms with Gasteiger partial charge in [-0.3, -0.25) is 19.7 Å². The molecule has 1 heterocycles. The normalized spacial score (nSPS) is 12.4. The van der Waals surface area contributed by atoms with Gasteiger partial charge in [0.25, 0.3) is 17.2 Å². The maximum absolute atomic E-state index is 12.3. The lowest BCUT2D eigenvalue weighted by Crippen LogP contribution is -2.34. The number of aryl methyl sites for hydroxylation is 1. The fourth-order valence-corrected chi connectivity index (χ4v) is 2.78. The maximum atomic E-state index is 12.3. The Morgan fingerprint density at radius 1 is 1.34 bits per heavy atom. The van der Waals surface area contributed by atoms with E-state index in [2.05, 4.69) is 20.8 Å². The molecule has 1 amide bonds. The molecule has 1 unspecified atom stereocenters. The Kier molecular flexibility index (Phi) is 6.43. The van der Waals surface area contributed by atoms with Gasteiger partial charge in [-0.25, -0.2) is 0 Å². The monoisotopic (exact) mass is 403 g/mol. The van der Waals surface area contributed by atoms with Crippen LogP contribution in [-0.4, -0.2) is 33.2 Å². The number of aliphatic hydroxyl groups is 1. The number of nitrogens with two attached hydrogens (primary N) is 1. The minimum atomic E-state index is -1.14. The van der Waals surface area contributed by atoms with Crippen molar-refractivity contribution < 1.29 is 19.6 Å². The van der Waals surface area contributed by atoms with Crippen molar-refractivity contribution in [3.63, 3.8) is 0 Å². The third kappa shape index (κ3) is 5.41. The molecule has 3 N–H and O–H groups in total. The van der Waals surface area contributed by atoms with Gasteiger partial charge in [-0.05, 0) is 29.5 Å². The van der Waals surface area contributed by atoms with Gasteiger partial charge in [0.15, 0.2) is 0 Å². The topological polar surface area (TPSA) is 138 Å². The lowest BCUT2D eigenvalue weighted by Gasteiger charge is -2.21. The molecule has 0 radical (unpaired) electrons. The van der Waals surface area contributed by atoms with Crippen LogP contribution in [0.15, 0.2) is 35.3 Å². The molecule has 0 spiro atoms. The summed E-state index contributed by atoms with van der Waals surface area (Å²) >= 11 is 0. The number of pyridine rings is 1. The third-order valence-corrected chi connectivity index (χ3v) is 4.43. The number of hydrogen-bond donors (Lipinski definition) is 2. The molecule has 1 aromatic heterocycles. The van der Waals surface area contributed by atoms with Crippen molar-refractivity contribution in [1.82, 2.24) is 4.57 Å². The number of nitrogens with zero attached hydrogens (tertiary/aromatic N) is 2. The third-order valence-electron chi connectivity index (χ3n) is 4.43. The molecule has 1 atom stereocenters. The molecule has 0 saturated heterocycles. The number of rotatable bonds is 7. The van der Waals surface area contributed by atoms with Crippen LogP contribution < -0.4 is 16.0 Å². The van der Waals surface area contributed by atoms with E-state index in [1.807, 2.05) is 25.1 Å². The molecule has 2 rings (SSSR count). The van der Waals surface area contributed by atoms with E-state index in [1.54, 1.807) is 0 Å². The van der Waals surface area contributed by atoms with Crippen LogP contribution >= 0.6 is 0 Å². The van der Waals surface area contributed by atoms with Crippen LogP contribution in [0.25, 0.3) is 0 Å². The van der Waals surface area contributed by atoms with E-state index in [4.69, 9.17) is 10.5 Å². The van der Waals surface area contributed by atoms with E-state index in [-0.39, 0.29) is 18.6 Å². The summed E-state index contributed by atoms with van der Waals surface area (Å²) in [4.78, 5) is 33.9. The number of nitro groups is 1. The van der Waals surface area contributed by atoms with Gasteiger partial charge < -0.3 is 20.1 Å². The number of hydrogen-bond acceptors (Lipinski definition) is 6. The first-order chi connectivity index (χ1) is 13.4. The van der Waals surface area contributed by atoms with Crippen LogP contribution in [0, 0.1) is 17.0 Å². The predicted molar refractivity (Wildman–Crippen MR) is 107 cm³/mol. The first-order valence-electron chi connectivity index (χ1n) is 9.01. The first-order valence-corrected chi connectivity index (χ1v) is 9.01. The van der Waals surface area contributed by atoms with Gasteiger partial charge in [0, 0.05) is 6.07 Å².